The molecule has 1 aromatic heterocycles. The standard InChI is InChI=1S/C14H11BrFN3O/c15-10-5-4-9(7-11(10)16)19-8-13(18-14(19)20)12-3-1-2-6-17-12/h1-7,13H,8H2,(H,18,20). The van der Waals surface area contributed by atoms with Gasteiger partial charge in [-0.15, -0.1) is 0 Å². The third kappa shape index (κ3) is 2.38. The Hall–Kier alpha value is -1.95. The average molecular weight is 336 g/mol. The monoisotopic (exact) mass is 335 g/mol. The molecule has 0 aliphatic carbocycles. The van der Waals surface area contributed by atoms with Crippen molar-refractivity contribution in [3.05, 3.63) is 58.6 Å². The van der Waals surface area contributed by atoms with Crippen LogP contribution < -0.4 is 10.2 Å². The molecule has 6 heteroatoms. The molecule has 1 aromatic carbocycles. The summed E-state index contributed by atoms with van der Waals surface area (Å²) >= 11 is 3.10. The second-order valence-corrected chi connectivity index (χ2v) is 5.32. The highest BCUT2D eigenvalue weighted by Crippen LogP contribution is 2.27. The number of carbonyl (C=O) groups excluding carboxylic acids is 1. The molecule has 1 N–H and O–H groups in total. The smallest absolute Gasteiger partial charge is 0.322 e. The summed E-state index contributed by atoms with van der Waals surface area (Å²) in [5.41, 5.74) is 1.32. The lowest BCUT2D eigenvalue weighted by atomic mass is 10.2. The Morgan fingerprint density at radius 3 is 2.90 bits per heavy atom. The second kappa shape index (κ2) is 5.20. The molecule has 1 aliphatic rings. The number of aromatic nitrogens is 1. The summed E-state index contributed by atoms with van der Waals surface area (Å²) in [5.74, 6) is -0.392. The molecule has 3 rings (SSSR count). The number of urea groups is 1. The van der Waals surface area contributed by atoms with Crippen LogP contribution in [0.5, 0.6) is 0 Å². The van der Waals surface area contributed by atoms with E-state index in [2.05, 4.69) is 26.2 Å². The van der Waals surface area contributed by atoms with Gasteiger partial charge in [-0.25, -0.2) is 9.18 Å². The van der Waals surface area contributed by atoms with Crippen molar-refractivity contribution in [2.45, 2.75) is 6.04 Å². The van der Waals surface area contributed by atoms with E-state index in [4.69, 9.17) is 0 Å². The van der Waals surface area contributed by atoms with Gasteiger partial charge in [-0.1, -0.05) is 6.07 Å². The number of amides is 2. The molecule has 2 amide bonds. The van der Waals surface area contributed by atoms with Gasteiger partial charge in [0, 0.05) is 11.9 Å². The fourth-order valence-corrected chi connectivity index (χ4v) is 2.41. The third-order valence-electron chi connectivity index (χ3n) is 3.17. The molecule has 1 aliphatic heterocycles. The summed E-state index contributed by atoms with van der Waals surface area (Å²) in [6, 6.07) is 9.75. The molecule has 0 spiro atoms. The van der Waals surface area contributed by atoms with Gasteiger partial charge in [-0.2, -0.15) is 0 Å². The van der Waals surface area contributed by atoms with Crippen LogP contribution in [0.4, 0.5) is 14.9 Å². The van der Waals surface area contributed by atoms with E-state index in [1.807, 2.05) is 18.2 Å². The molecule has 0 saturated carbocycles. The van der Waals surface area contributed by atoms with Crippen molar-refractivity contribution >= 4 is 27.6 Å². The number of carbonyl (C=O) groups is 1. The molecule has 102 valence electrons. The van der Waals surface area contributed by atoms with E-state index in [0.29, 0.717) is 16.7 Å². The molecular formula is C14H11BrFN3O. The number of halogens is 2. The molecule has 2 aromatic rings. The van der Waals surface area contributed by atoms with Crippen LogP contribution in [-0.2, 0) is 0 Å². The highest BCUT2D eigenvalue weighted by Gasteiger charge is 2.31. The Balaban J connectivity index is 1.85. The molecule has 1 unspecified atom stereocenters. The minimum Gasteiger partial charge on any atom is -0.327 e. The highest BCUT2D eigenvalue weighted by atomic mass is 79.9. The van der Waals surface area contributed by atoms with Gasteiger partial charge < -0.3 is 5.32 Å². The van der Waals surface area contributed by atoms with Crippen molar-refractivity contribution in [3.8, 4) is 0 Å². The van der Waals surface area contributed by atoms with Crippen LogP contribution in [0.2, 0.25) is 0 Å². The molecular weight excluding hydrogens is 325 g/mol. The number of hydrogen-bond acceptors (Lipinski definition) is 2. The maximum Gasteiger partial charge on any atom is 0.322 e. The van der Waals surface area contributed by atoms with Crippen LogP contribution in [0.1, 0.15) is 11.7 Å². The minimum absolute atomic E-state index is 0.185. The van der Waals surface area contributed by atoms with Crippen LogP contribution in [0.15, 0.2) is 47.1 Å². The third-order valence-corrected chi connectivity index (χ3v) is 3.81. The van der Waals surface area contributed by atoms with Gasteiger partial charge >= 0.3 is 6.03 Å². The zero-order chi connectivity index (χ0) is 14.1. The van der Waals surface area contributed by atoms with E-state index in [1.165, 1.54) is 11.0 Å². The van der Waals surface area contributed by atoms with E-state index in [0.717, 1.165) is 5.69 Å². The van der Waals surface area contributed by atoms with Crippen LogP contribution >= 0.6 is 15.9 Å². The fraction of sp³-hybridized carbons (Fsp3) is 0.143. The van der Waals surface area contributed by atoms with Crippen LogP contribution in [-0.4, -0.2) is 17.6 Å². The summed E-state index contributed by atoms with van der Waals surface area (Å²) in [5, 5.41) is 2.84. The van der Waals surface area contributed by atoms with Crippen molar-refractivity contribution in [1.82, 2.24) is 10.3 Å². The number of anilines is 1. The Bertz CT molecular complexity index is 650. The van der Waals surface area contributed by atoms with E-state index in [1.54, 1.807) is 18.3 Å². The number of hydrogen-bond donors (Lipinski definition) is 1. The number of nitrogens with one attached hydrogen (secondary N) is 1. The Morgan fingerprint density at radius 1 is 1.35 bits per heavy atom. The topological polar surface area (TPSA) is 45.2 Å². The highest BCUT2D eigenvalue weighted by molar-refractivity contribution is 9.10. The number of benzene rings is 1. The first-order valence-corrected chi connectivity index (χ1v) is 6.88. The van der Waals surface area contributed by atoms with E-state index in [-0.39, 0.29) is 12.1 Å². The van der Waals surface area contributed by atoms with Gasteiger partial charge in [-0.3, -0.25) is 9.88 Å². The van der Waals surface area contributed by atoms with Gasteiger partial charge in [0.2, 0.25) is 0 Å². The average Bonchev–Trinajstić information content (AvgIpc) is 2.85. The summed E-state index contributed by atoms with van der Waals surface area (Å²) < 4.78 is 13.9. The van der Waals surface area contributed by atoms with Gasteiger partial charge in [0.1, 0.15) is 5.82 Å². The summed E-state index contributed by atoms with van der Waals surface area (Å²) in [6.45, 7) is 0.427. The quantitative estimate of drug-likeness (QED) is 0.915. The molecule has 2 heterocycles. The molecule has 20 heavy (non-hydrogen) atoms. The first kappa shape index (κ1) is 13.1. The molecule has 0 radical (unpaired) electrons. The first-order valence-electron chi connectivity index (χ1n) is 6.09. The van der Waals surface area contributed by atoms with Gasteiger partial charge in [0.25, 0.3) is 0 Å². The SMILES string of the molecule is O=C1NC(c2ccccn2)CN1c1ccc(Br)c(F)c1. The maximum atomic E-state index is 13.6. The Morgan fingerprint density at radius 2 is 2.20 bits per heavy atom. The lowest BCUT2D eigenvalue weighted by Gasteiger charge is -2.15. The van der Waals surface area contributed by atoms with Crippen LogP contribution in [0, 0.1) is 5.82 Å². The van der Waals surface area contributed by atoms with E-state index < -0.39 is 5.82 Å². The minimum atomic E-state index is -0.392. The molecule has 1 saturated heterocycles. The molecule has 1 atom stereocenters. The number of nitrogens with zero attached hydrogens (tertiary/aromatic N) is 2. The van der Waals surface area contributed by atoms with Crippen molar-refractivity contribution < 1.29 is 9.18 Å². The molecule has 4 nitrogen and oxygen atoms in total. The largest absolute Gasteiger partial charge is 0.327 e. The van der Waals surface area contributed by atoms with Crippen molar-refractivity contribution in [1.29, 1.82) is 0 Å². The summed E-state index contributed by atoms with van der Waals surface area (Å²) in [4.78, 5) is 17.7. The number of pyridine rings is 1. The van der Waals surface area contributed by atoms with E-state index in [9.17, 15) is 9.18 Å². The summed E-state index contributed by atoms with van der Waals surface area (Å²) in [6.07, 6.45) is 1.68. The van der Waals surface area contributed by atoms with Crippen LogP contribution in [0.25, 0.3) is 0 Å². The Labute approximate surface area is 123 Å². The molecule has 0 bridgehead atoms. The number of rotatable bonds is 2. The van der Waals surface area contributed by atoms with Gasteiger partial charge in [0.15, 0.2) is 0 Å². The van der Waals surface area contributed by atoms with Crippen molar-refractivity contribution in [3.63, 3.8) is 0 Å². The maximum absolute atomic E-state index is 13.6. The van der Waals surface area contributed by atoms with Crippen molar-refractivity contribution in [2.75, 3.05) is 11.4 Å². The molecule has 1 fully saturated rings. The predicted molar refractivity (Wildman–Crippen MR) is 77.0 cm³/mol. The second-order valence-electron chi connectivity index (χ2n) is 4.47. The summed E-state index contributed by atoms with van der Waals surface area (Å²) in [7, 11) is 0. The zero-order valence-corrected chi connectivity index (χ0v) is 12.0. The Kier molecular flexibility index (Phi) is 3.40. The first-order chi connectivity index (χ1) is 9.65. The van der Waals surface area contributed by atoms with Gasteiger partial charge in [-0.05, 0) is 46.3 Å². The normalized spacial score (nSPS) is 18.2. The zero-order valence-electron chi connectivity index (χ0n) is 10.4. The lowest BCUT2D eigenvalue weighted by molar-refractivity contribution is 0.251. The van der Waals surface area contributed by atoms with Crippen molar-refractivity contribution in [2.24, 2.45) is 0 Å². The van der Waals surface area contributed by atoms with Gasteiger partial charge in [0.05, 0.1) is 22.8 Å². The predicted octanol–water partition coefficient (Wildman–Crippen LogP) is 3.25. The van der Waals surface area contributed by atoms with E-state index >= 15 is 0 Å². The lowest BCUT2D eigenvalue weighted by Crippen LogP contribution is -2.27. The fourth-order valence-electron chi connectivity index (χ4n) is 2.16. The van der Waals surface area contributed by atoms with Crippen LogP contribution in [0.3, 0.4) is 0 Å².